The van der Waals surface area contributed by atoms with Crippen LogP contribution in [0.3, 0.4) is 0 Å². The van der Waals surface area contributed by atoms with E-state index in [1.807, 2.05) is 11.0 Å². The number of aryl methyl sites for hydroxylation is 1. The van der Waals surface area contributed by atoms with Gasteiger partial charge in [0.1, 0.15) is 5.52 Å². The van der Waals surface area contributed by atoms with Crippen LogP contribution in [0.5, 0.6) is 0 Å². The topological polar surface area (TPSA) is 67.2 Å². The Morgan fingerprint density at radius 3 is 2.44 bits per heavy atom. The summed E-state index contributed by atoms with van der Waals surface area (Å²) >= 11 is 1.62. The maximum Gasteiger partial charge on any atom is 0.222 e. The molecule has 1 fully saturated rings. The Bertz CT molecular complexity index is 1630. The zero-order chi connectivity index (χ0) is 28.0. The number of amides is 1. The second-order valence-corrected chi connectivity index (χ2v) is 11.9. The van der Waals surface area contributed by atoms with Crippen molar-refractivity contribution in [1.29, 1.82) is 0 Å². The summed E-state index contributed by atoms with van der Waals surface area (Å²) in [7, 11) is 0. The van der Waals surface area contributed by atoms with Crippen LogP contribution < -0.4 is 0 Å². The van der Waals surface area contributed by atoms with Gasteiger partial charge in [-0.25, -0.2) is 4.98 Å². The minimum absolute atomic E-state index is 0.273. The highest BCUT2D eigenvalue weighted by atomic mass is 32.2. The normalized spacial score (nSPS) is 14.2. The number of piperazine rings is 1. The van der Waals surface area contributed by atoms with Crippen molar-refractivity contribution in [2.75, 3.05) is 31.9 Å². The zero-order valence-electron chi connectivity index (χ0n) is 23.6. The smallest absolute Gasteiger partial charge is 0.222 e. The highest BCUT2D eigenvalue weighted by Crippen LogP contribution is 2.28. The Morgan fingerprint density at radius 2 is 1.61 bits per heavy atom. The first-order chi connectivity index (χ1) is 20.1. The molecule has 3 aromatic carbocycles. The summed E-state index contributed by atoms with van der Waals surface area (Å²) in [6, 6.07) is 27.5. The molecule has 0 radical (unpaired) electrons. The summed E-state index contributed by atoms with van der Waals surface area (Å²) in [5.74, 6) is 1.14. The fourth-order valence-electron chi connectivity index (χ4n) is 5.60. The van der Waals surface area contributed by atoms with Crippen molar-refractivity contribution in [1.82, 2.24) is 29.5 Å². The number of thioether (sulfide) groups is 1. The van der Waals surface area contributed by atoms with Crippen molar-refractivity contribution in [2.24, 2.45) is 0 Å². The summed E-state index contributed by atoms with van der Waals surface area (Å²) in [5, 5.41) is 10.8. The molecule has 0 spiro atoms. The predicted octanol–water partition coefficient (Wildman–Crippen LogP) is 5.94. The third-order valence-electron chi connectivity index (χ3n) is 7.77. The highest BCUT2D eigenvalue weighted by Gasteiger charge is 2.21. The van der Waals surface area contributed by atoms with Gasteiger partial charge in [-0.3, -0.25) is 9.69 Å². The minimum Gasteiger partial charge on any atom is -0.340 e. The molecule has 41 heavy (non-hydrogen) atoms. The van der Waals surface area contributed by atoms with E-state index in [2.05, 4.69) is 99.4 Å². The van der Waals surface area contributed by atoms with Gasteiger partial charge < -0.3 is 9.47 Å². The fraction of sp³-hybridized carbons (Fsp3) is 0.333. The lowest BCUT2D eigenvalue weighted by Gasteiger charge is -2.34. The molecule has 5 aromatic rings. The van der Waals surface area contributed by atoms with E-state index in [9.17, 15) is 4.79 Å². The minimum atomic E-state index is 0.273. The van der Waals surface area contributed by atoms with Crippen molar-refractivity contribution in [3.05, 3.63) is 95.6 Å². The molecule has 1 aliphatic heterocycles. The van der Waals surface area contributed by atoms with E-state index in [0.29, 0.717) is 11.6 Å². The fourth-order valence-corrected chi connectivity index (χ4v) is 6.38. The number of benzene rings is 3. The molecule has 7 nitrogen and oxygen atoms in total. The lowest BCUT2D eigenvalue weighted by atomic mass is 10.1. The molecule has 3 heterocycles. The van der Waals surface area contributed by atoms with Crippen LogP contribution in [0.2, 0.25) is 0 Å². The van der Waals surface area contributed by atoms with Gasteiger partial charge in [-0.15, -0.1) is 10.2 Å². The van der Waals surface area contributed by atoms with Gasteiger partial charge in [-0.05, 0) is 37.0 Å². The second kappa shape index (κ2) is 12.8. The summed E-state index contributed by atoms with van der Waals surface area (Å²) < 4.78 is 2.25. The van der Waals surface area contributed by atoms with Crippen LogP contribution in [0, 0.1) is 6.92 Å². The lowest BCUT2D eigenvalue weighted by molar-refractivity contribution is -0.133. The number of para-hydroxylation sites is 1. The van der Waals surface area contributed by atoms with Gasteiger partial charge in [0, 0.05) is 56.8 Å². The predicted molar refractivity (Wildman–Crippen MR) is 166 cm³/mol. The van der Waals surface area contributed by atoms with Gasteiger partial charge in [0.2, 0.25) is 11.1 Å². The van der Waals surface area contributed by atoms with Crippen LogP contribution in [0.1, 0.15) is 36.0 Å². The largest absolute Gasteiger partial charge is 0.340 e. The van der Waals surface area contributed by atoms with Crippen LogP contribution in [-0.4, -0.2) is 67.4 Å². The SMILES string of the molecule is Cc1cccc(Cn2c3ccccc3c3nnc(SCCCCC(=O)N4CCN(Cc5ccccc5)CC4)nc32)c1. The van der Waals surface area contributed by atoms with Crippen molar-refractivity contribution in [3.8, 4) is 0 Å². The van der Waals surface area contributed by atoms with Gasteiger partial charge in [0.15, 0.2) is 5.65 Å². The Balaban J connectivity index is 1.01. The third kappa shape index (κ3) is 6.60. The van der Waals surface area contributed by atoms with E-state index in [4.69, 9.17) is 4.98 Å². The average Bonchev–Trinajstić information content (AvgIpc) is 3.30. The van der Waals surface area contributed by atoms with Crippen molar-refractivity contribution in [2.45, 2.75) is 44.4 Å². The molecule has 0 unspecified atom stereocenters. The summed E-state index contributed by atoms with van der Waals surface area (Å²) in [6.07, 6.45) is 2.42. The van der Waals surface area contributed by atoms with Crippen LogP contribution in [0.25, 0.3) is 22.1 Å². The molecule has 1 aliphatic rings. The van der Waals surface area contributed by atoms with E-state index in [1.165, 1.54) is 16.7 Å². The first-order valence-corrected chi connectivity index (χ1v) is 15.5. The summed E-state index contributed by atoms with van der Waals surface area (Å²) in [6.45, 7) is 7.31. The number of nitrogens with zero attached hydrogens (tertiary/aromatic N) is 6. The molecular weight excluding hydrogens is 528 g/mol. The molecule has 0 aliphatic carbocycles. The molecule has 8 heteroatoms. The van der Waals surface area contributed by atoms with Gasteiger partial charge in [0.05, 0.1) is 5.52 Å². The maximum absolute atomic E-state index is 12.8. The molecule has 0 N–H and O–H groups in total. The molecule has 0 atom stereocenters. The number of aromatic nitrogens is 4. The molecule has 0 bridgehead atoms. The molecule has 0 saturated carbocycles. The van der Waals surface area contributed by atoms with Gasteiger partial charge in [-0.1, -0.05) is 90.1 Å². The summed E-state index contributed by atoms with van der Waals surface area (Å²) in [4.78, 5) is 22.2. The number of carbonyl (C=O) groups excluding carboxylic acids is 1. The van der Waals surface area contributed by atoms with Gasteiger partial charge in [-0.2, -0.15) is 0 Å². The van der Waals surface area contributed by atoms with Crippen LogP contribution in [0.4, 0.5) is 0 Å². The number of carbonyl (C=O) groups is 1. The Hall–Kier alpha value is -3.75. The van der Waals surface area contributed by atoms with Gasteiger partial charge >= 0.3 is 0 Å². The second-order valence-electron chi connectivity index (χ2n) is 10.8. The molecule has 6 rings (SSSR count). The van der Waals surface area contributed by atoms with E-state index >= 15 is 0 Å². The van der Waals surface area contributed by atoms with Crippen LogP contribution >= 0.6 is 11.8 Å². The third-order valence-corrected chi connectivity index (χ3v) is 8.69. The van der Waals surface area contributed by atoms with Crippen molar-refractivity contribution in [3.63, 3.8) is 0 Å². The quantitative estimate of drug-likeness (QED) is 0.154. The Kier molecular flexibility index (Phi) is 8.58. The average molecular weight is 565 g/mol. The number of fused-ring (bicyclic) bond motifs is 3. The van der Waals surface area contributed by atoms with Crippen molar-refractivity contribution >= 4 is 39.7 Å². The van der Waals surface area contributed by atoms with E-state index < -0.39 is 0 Å². The number of rotatable bonds is 10. The van der Waals surface area contributed by atoms with E-state index in [1.54, 1.807) is 11.8 Å². The zero-order valence-corrected chi connectivity index (χ0v) is 24.4. The molecule has 1 saturated heterocycles. The molecule has 1 amide bonds. The number of unbranched alkanes of at least 4 members (excludes halogenated alkanes) is 1. The highest BCUT2D eigenvalue weighted by molar-refractivity contribution is 7.99. The molecule has 210 valence electrons. The molecule has 2 aromatic heterocycles. The standard InChI is InChI=1S/C33H36N6OS/c1-25-10-9-13-27(22-25)24-39-29-15-6-5-14-28(29)31-32(39)34-33(36-35-31)41-21-8-7-16-30(40)38-19-17-37(18-20-38)23-26-11-3-2-4-12-26/h2-6,9-15,22H,7-8,16-21,23-24H2,1H3. The Labute approximate surface area is 245 Å². The number of hydrogen-bond acceptors (Lipinski definition) is 6. The Morgan fingerprint density at radius 1 is 0.829 bits per heavy atom. The lowest BCUT2D eigenvalue weighted by Crippen LogP contribution is -2.48. The first kappa shape index (κ1) is 27.4. The first-order valence-electron chi connectivity index (χ1n) is 14.5. The molecular formula is C33H36N6OS. The van der Waals surface area contributed by atoms with Crippen LogP contribution in [0.15, 0.2) is 84.0 Å². The monoisotopic (exact) mass is 564 g/mol. The summed E-state index contributed by atoms with van der Waals surface area (Å²) in [5.41, 5.74) is 6.64. The van der Waals surface area contributed by atoms with Crippen molar-refractivity contribution < 1.29 is 4.79 Å². The number of hydrogen-bond donors (Lipinski definition) is 0. The van der Waals surface area contributed by atoms with Gasteiger partial charge in [0.25, 0.3) is 0 Å². The maximum atomic E-state index is 12.8. The van der Waals surface area contributed by atoms with E-state index in [-0.39, 0.29) is 5.91 Å². The van der Waals surface area contributed by atoms with E-state index in [0.717, 1.165) is 79.9 Å². The van der Waals surface area contributed by atoms with Crippen LogP contribution in [-0.2, 0) is 17.9 Å².